The lowest BCUT2D eigenvalue weighted by Crippen LogP contribution is -2.15. The highest BCUT2D eigenvalue weighted by Gasteiger charge is 2.11. The number of anilines is 2. The van der Waals surface area contributed by atoms with Crippen molar-refractivity contribution in [1.29, 1.82) is 5.26 Å². The Hall–Kier alpha value is -2.46. The highest BCUT2D eigenvalue weighted by atomic mass is 79.9. The van der Waals surface area contributed by atoms with E-state index < -0.39 is 5.91 Å². The zero-order chi connectivity index (χ0) is 15.2. The van der Waals surface area contributed by atoms with E-state index in [9.17, 15) is 4.79 Å². The Kier molecular flexibility index (Phi) is 4.85. The summed E-state index contributed by atoms with van der Waals surface area (Å²) in [6, 6.07) is 10.3. The molecule has 1 aromatic heterocycles. The molecule has 106 valence electrons. The quantitative estimate of drug-likeness (QED) is 0.888. The zero-order valence-corrected chi connectivity index (χ0v) is 12.8. The highest BCUT2D eigenvalue weighted by molar-refractivity contribution is 9.10. The average molecular weight is 346 g/mol. The van der Waals surface area contributed by atoms with Gasteiger partial charge in [0.2, 0.25) is 0 Å². The molecule has 0 unspecified atom stereocenters. The molecule has 2 aromatic rings. The Morgan fingerprint density at radius 3 is 2.76 bits per heavy atom. The van der Waals surface area contributed by atoms with Gasteiger partial charge in [0.25, 0.3) is 5.91 Å². The SMILES string of the molecule is CCNc1ccc(C(=O)Nc2ccc(Br)cc2C#N)nn1. The van der Waals surface area contributed by atoms with Gasteiger partial charge in [-0.15, -0.1) is 10.2 Å². The molecule has 1 aromatic carbocycles. The number of benzene rings is 1. The highest BCUT2D eigenvalue weighted by Crippen LogP contribution is 2.20. The van der Waals surface area contributed by atoms with Crippen LogP contribution in [0.5, 0.6) is 0 Å². The van der Waals surface area contributed by atoms with Crippen LogP contribution in [0.1, 0.15) is 23.0 Å². The number of carbonyl (C=O) groups excluding carboxylic acids is 1. The first-order chi connectivity index (χ1) is 10.1. The van der Waals surface area contributed by atoms with Crippen LogP contribution < -0.4 is 10.6 Å². The third kappa shape index (κ3) is 3.77. The summed E-state index contributed by atoms with van der Waals surface area (Å²) in [7, 11) is 0. The maximum atomic E-state index is 12.1. The molecule has 1 heterocycles. The molecule has 2 N–H and O–H groups in total. The molecule has 21 heavy (non-hydrogen) atoms. The normalized spacial score (nSPS) is 9.76. The van der Waals surface area contributed by atoms with Crippen LogP contribution in [0.3, 0.4) is 0 Å². The Morgan fingerprint density at radius 2 is 2.14 bits per heavy atom. The van der Waals surface area contributed by atoms with Gasteiger partial charge in [-0.2, -0.15) is 5.26 Å². The van der Waals surface area contributed by atoms with Crippen LogP contribution in [-0.4, -0.2) is 22.6 Å². The van der Waals surface area contributed by atoms with Crippen molar-refractivity contribution in [2.75, 3.05) is 17.2 Å². The predicted molar refractivity (Wildman–Crippen MR) is 83.0 cm³/mol. The molecule has 2 rings (SSSR count). The third-order valence-corrected chi connectivity index (χ3v) is 3.10. The minimum Gasteiger partial charge on any atom is -0.369 e. The smallest absolute Gasteiger partial charge is 0.276 e. The van der Waals surface area contributed by atoms with Crippen LogP contribution in [0.2, 0.25) is 0 Å². The minimum atomic E-state index is -0.413. The third-order valence-electron chi connectivity index (χ3n) is 2.61. The minimum absolute atomic E-state index is 0.184. The van der Waals surface area contributed by atoms with Crippen molar-refractivity contribution in [3.8, 4) is 6.07 Å². The van der Waals surface area contributed by atoms with E-state index >= 15 is 0 Å². The zero-order valence-electron chi connectivity index (χ0n) is 11.2. The molecular weight excluding hydrogens is 334 g/mol. The maximum Gasteiger partial charge on any atom is 0.276 e. The fraction of sp³-hybridized carbons (Fsp3) is 0.143. The van der Waals surface area contributed by atoms with Gasteiger partial charge in [-0.3, -0.25) is 4.79 Å². The summed E-state index contributed by atoms with van der Waals surface area (Å²) in [5.74, 6) is 0.194. The molecule has 0 spiro atoms. The first-order valence-electron chi connectivity index (χ1n) is 6.22. The fourth-order valence-electron chi connectivity index (χ4n) is 1.63. The molecule has 6 nitrogen and oxygen atoms in total. The average Bonchev–Trinajstić information content (AvgIpc) is 2.50. The number of nitriles is 1. The van der Waals surface area contributed by atoms with Crippen molar-refractivity contribution in [1.82, 2.24) is 10.2 Å². The van der Waals surface area contributed by atoms with Crippen LogP contribution in [0.25, 0.3) is 0 Å². The summed E-state index contributed by atoms with van der Waals surface area (Å²) in [4.78, 5) is 12.1. The van der Waals surface area contributed by atoms with Gasteiger partial charge in [-0.25, -0.2) is 0 Å². The number of aromatic nitrogens is 2. The second-order valence-electron chi connectivity index (χ2n) is 4.09. The van der Waals surface area contributed by atoms with Gasteiger partial charge in [-0.05, 0) is 37.3 Å². The van der Waals surface area contributed by atoms with Gasteiger partial charge in [-0.1, -0.05) is 15.9 Å². The van der Waals surface area contributed by atoms with E-state index in [4.69, 9.17) is 5.26 Å². The van der Waals surface area contributed by atoms with E-state index in [0.29, 0.717) is 17.1 Å². The summed E-state index contributed by atoms with van der Waals surface area (Å²) in [6.07, 6.45) is 0. The molecule has 0 aliphatic heterocycles. The van der Waals surface area contributed by atoms with Crippen LogP contribution in [0.15, 0.2) is 34.8 Å². The van der Waals surface area contributed by atoms with Gasteiger partial charge in [0.05, 0.1) is 11.3 Å². The second-order valence-corrected chi connectivity index (χ2v) is 5.01. The van der Waals surface area contributed by atoms with Gasteiger partial charge < -0.3 is 10.6 Å². The van der Waals surface area contributed by atoms with Crippen molar-refractivity contribution >= 4 is 33.3 Å². The number of hydrogen-bond donors (Lipinski definition) is 2. The van der Waals surface area contributed by atoms with Crippen LogP contribution in [0, 0.1) is 11.3 Å². The summed E-state index contributed by atoms with van der Waals surface area (Å²) >= 11 is 3.28. The fourth-order valence-corrected chi connectivity index (χ4v) is 1.99. The number of hydrogen-bond acceptors (Lipinski definition) is 5. The molecule has 1 amide bonds. The first kappa shape index (κ1) is 14.9. The predicted octanol–water partition coefficient (Wildman–Crippen LogP) is 2.79. The van der Waals surface area contributed by atoms with Crippen molar-refractivity contribution in [2.45, 2.75) is 6.92 Å². The summed E-state index contributed by atoms with van der Waals surface area (Å²) in [6.45, 7) is 2.67. The molecular formula is C14H12BrN5O. The number of amides is 1. The molecule has 0 saturated heterocycles. The lowest BCUT2D eigenvalue weighted by Gasteiger charge is -2.07. The van der Waals surface area contributed by atoms with Gasteiger partial charge in [0.1, 0.15) is 11.9 Å². The monoisotopic (exact) mass is 345 g/mol. The van der Waals surface area contributed by atoms with E-state index in [0.717, 1.165) is 11.0 Å². The summed E-state index contributed by atoms with van der Waals surface area (Å²) in [5.41, 5.74) is 0.988. The summed E-state index contributed by atoms with van der Waals surface area (Å²) < 4.78 is 0.770. The lowest BCUT2D eigenvalue weighted by atomic mass is 10.2. The van der Waals surface area contributed by atoms with E-state index in [1.807, 2.05) is 13.0 Å². The Labute approximate surface area is 130 Å². The topological polar surface area (TPSA) is 90.7 Å². The van der Waals surface area contributed by atoms with Crippen molar-refractivity contribution in [3.05, 3.63) is 46.1 Å². The summed E-state index contributed by atoms with van der Waals surface area (Å²) in [5, 5.41) is 22.5. The Morgan fingerprint density at radius 1 is 1.33 bits per heavy atom. The van der Waals surface area contributed by atoms with Crippen LogP contribution >= 0.6 is 15.9 Å². The number of carbonyl (C=O) groups is 1. The van der Waals surface area contributed by atoms with E-state index in [1.54, 1.807) is 30.3 Å². The number of halogens is 1. The number of nitrogens with one attached hydrogen (secondary N) is 2. The molecule has 0 fully saturated rings. The van der Waals surface area contributed by atoms with Crippen molar-refractivity contribution in [2.24, 2.45) is 0 Å². The molecule has 0 saturated carbocycles. The molecule has 0 aliphatic rings. The standard InChI is InChI=1S/C14H12BrN5O/c1-2-17-13-6-5-12(19-20-13)14(21)18-11-4-3-10(15)7-9(11)8-16/h3-7H,2H2,1H3,(H,17,20)(H,18,21). The largest absolute Gasteiger partial charge is 0.369 e. The molecule has 0 aliphatic carbocycles. The molecule has 0 bridgehead atoms. The molecule has 0 radical (unpaired) electrons. The van der Waals surface area contributed by atoms with Crippen LogP contribution in [0.4, 0.5) is 11.5 Å². The second kappa shape index (κ2) is 6.81. The first-order valence-corrected chi connectivity index (χ1v) is 7.02. The molecule has 0 atom stereocenters. The number of nitrogens with zero attached hydrogens (tertiary/aromatic N) is 3. The number of rotatable bonds is 4. The Bertz CT molecular complexity index is 694. The van der Waals surface area contributed by atoms with Crippen molar-refractivity contribution in [3.63, 3.8) is 0 Å². The van der Waals surface area contributed by atoms with Crippen molar-refractivity contribution < 1.29 is 4.79 Å². The maximum absolute atomic E-state index is 12.1. The Balaban J connectivity index is 2.16. The molecule has 7 heteroatoms. The van der Waals surface area contributed by atoms with Gasteiger partial charge in [0.15, 0.2) is 5.69 Å². The van der Waals surface area contributed by atoms with E-state index in [2.05, 4.69) is 36.8 Å². The lowest BCUT2D eigenvalue weighted by molar-refractivity contribution is 0.102. The van der Waals surface area contributed by atoms with Gasteiger partial charge >= 0.3 is 0 Å². The van der Waals surface area contributed by atoms with Crippen LogP contribution in [-0.2, 0) is 0 Å². The van der Waals surface area contributed by atoms with E-state index in [1.165, 1.54) is 0 Å². The van der Waals surface area contributed by atoms with E-state index in [-0.39, 0.29) is 5.69 Å². The van der Waals surface area contributed by atoms with Gasteiger partial charge in [0, 0.05) is 11.0 Å².